The SMILES string of the molecule is CCCCCCCCCCCCCCCCCCCC(=O)CCCCCCCC(=O)[O-]. The minimum Gasteiger partial charge on any atom is -0.550 e. The second kappa shape index (κ2) is 25.4. The first-order valence-electron chi connectivity index (χ1n) is 13.9. The fraction of sp³-hybridized carbons (Fsp3) is 0.929. The summed E-state index contributed by atoms with van der Waals surface area (Å²) in [5, 5.41) is 10.3. The fourth-order valence-electron chi connectivity index (χ4n) is 4.29. The Kier molecular flexibility index (Phi) is 24.7. The lowest BCUT2D eigenvalue weighted by atomic mass is 10.0. The molecule has 0 aliphatic rings. The van der Waals surface area contributed by atoms with Crippen LogP contribution >= 0.6 is 0 Å². The minimum absolute atomic E-state index is 0.165. The smallest absolute Gasteiger partial charge is 0.132 e. The van der Waals surface area contributed by atoms with Crippen molar-refractivity contribution in [2.75, 3.05) is 0 Å². The lowest BCUT2D eigenvalue weighted by Crippen LogP contribution is -2.21. The normalized spacial score (nSPS) is 11.1. The highest BCUT2D eigenvalue weighted by Gasteiger charge is 2.02. The number of carboxylic acid groups (broad SMARTS) is 1. The zero-order chi connectivity index (χ0) is 22.8. The Morgan fingerprint density at radius 2 is 0.677 bits per heavy atom. The van der Waals surface area contributed by atoms with E-state index in [-0.39, 0.29) is 6.42 Å². The quantitative estimate of drug-likeness (QED) is 0.128. The summed E-state index contributed by atoms with van der Waals surface area (Å²) in [6, 6.07) is 0. The molecule has 31 heavy (non-hydrogen) atoms. The van der Waals surface area contributed by atoms with Crippen molar-refractivity contribution in [2.45, 2.75) is 167 Å². The lowest BCUT2D eigenvalue weighted by molar-refractivity contribution is -0.305. The minimum atomic E-state index is -0.954. The van der Waals surface area contributed by atoms with E-state index in [1.54, 1.807) is 0 Å². The molecular formula is C28H53O3-. The van der Waals surface area contributed by atoms with Crippen LogP contribution in [-0.4, -0.2) is 11.8 Å². The summed E-state index contributed by atoms with van der Waals surface area (Å²) in [5.41, 5.74) is 0. The highest BCUT2D eigenvalue weighted by atomic mass is 16.4. The van der Waals surface area contributed by atoms with Gasteiger partial charge < -0.3 is 9.90 Å². The summed E-state index contributed by atoms with van der Waals surface area (Å²) in [5.74, 6) is -0.542. The topological polar surface area (TPSA) is 57.2 Å². The fourth-order valence-corrected chi connectivity index (χ4v) is 4.29. The molecule has 0 bridgehead atoms. The van der Waals surface area contributed by atoms with Crippen LogP contribution in [0.3, 0.4) is 0 Å². The maximum absolute atomic E-state index is 11.9. The largest absolute Gasteiger partial charge is 0.550 e. The average molecular weight is 438 g/mol. The highest BCUT2D eigenvalue weighted by molar-refractivity contribution is 5.78. The Labute approximate surface area is 194 Å². The monoisotopic (exact) mass is 437 g/mol. The first kappa shape index (κ1) is 30.1. The number of carbonyl (C=O) groups is 2. The van der Waals surface area contributed by atoms with Gasteiger partial charge in [0.1, 0.15) is 5.78 Å². The first-order valence-corrected chi connectivity index (χ1v) is 13.9. The molecule has 0 saturated carbocycles. The van der Waals surface area contributed by atoms with Crippen molar-refractivity contribution in [2.24, 2.45) is 0 Å². The Balaban J connectivity index is 3.14. The van der Waals surface area contributed by atoms with Crippen LogP contribution in [-0.2, 0) is 9.59 Å². The van der Waals surface area contributed by atoms with Crippen molar-refractivity contribution in [3.8, 4) is 0 Å². The number of carboxylic acids is 1. The summed E-state index contributed by atoms with van der Waals surface area (Å²) in [6.07, 6.45) is 29.6. The number of ketones is 1. The van der Waals surface area contributed by atoms with E-state index in [0.29, 0.717) is 18.6 Å². The Morgan fingerprint density at radius 1 is 0.419 bits per heavy atom. The van der Waals surface area contributed by atoms with E-state index < -0.39 is 5.97 Å². The van der Waals surface area contributed by atoms with Crippen molar-refractivity contribution in [3.05, 3.63) is 0 Å². The molecule has 0 atom stereocenters. The molecule has 3 nitrogen and oxygen atoms in total. The third-order valence-corrected chi connectivity index (χ3v) is 6.40. The zero-order valence-corrected chi connectivity index (χ0v) is 20.9. The van der Waals surface area contributed by atoms with Gasteiger partial charge in [-0.2, -0.15) is 0 Å². The summed E-state index contributed by atoms with van der Waals surface area (Å²) >= 11 is 0. The number of Topliss-reactive ketones (excluding diaryl/α,β-unsaturated/α-hetero) is 1. The molecule has 0 saturated heterocycles. The molecule has 0 spiro atoms. The molecule has 184 valence electrons. The van der Waals surface area contributed by atoms with Gasteiger partial charge in [0.05, 0.1) is 0 Å². The number of hydrogen-bond donors (Lipinski definition) is 0. The van der Waals surface area contributed by atoms with Crippen molar-refractivity contribution in [3.63, 3.8) is 0 Å². The van der Waals surface area contributed by atoms with Crippen LogP contribution in [0.4, 0.5) is 0 Å². The van der Waals surface area contributed by atoms with Crippen molar-refractivity contribution < 1.29 is 14.7 Å². The van der Waals surface area contributed by atoms with Gasteiger partial charge in [0.25, 0.3) is 0 Å². The van der Waals surface area contributed by atoms with Crippen LogP contribution in [0.5, 0.6) is 0 Å². The molecule has 0 aromatic carbocycles. The second-order valence-electron chi connectivity index (χ2n) is 9.59. The van der Waals surface area contributed by atoms with Crippen molar-refractivity contribution >= 4 is 11.8 Å². The van der Waals surface area contributed by atoms with Gasteiger partial charge in [-0.15, -0.1) is 0 Å². The predicted molar refractivity (Wildman–Crippen MR) is 131 cm³/mol. The van der Waals surface area contributed by atoms with E-state index in [4.69, 9.17) is 0 Å². The summed E-state index contributed by atoms with van der Waals surface area (Å²) < 4.78 is 0. The van der Waals surface area contributed by atoms with Crippen molar-refractivity contribution in [1.29, 1.82) is 0 Å². The Hall–Kier alpha value is -0.860. The van der Waals surface area contributed by atoms with Crippen LogP contribution in [0, 0.1) is 0 Å². The summed E-state index contributed by atoms with van der Waals surface area (Å²) in [7, 11) is 0. The van der Waals surface area contributed by atoms with Gasteiger partial charge in [-0.05, 0) is 25.7 Å². The van der Waals surface area contributed by atoms with Gasteiger partial charge in [-0.3, -0.25) is 4.79 Å². The Bertz CT molecular complexity index is 392. The maximum atomic E-state index is 11.9. The summed E-state index contributed by atoms with van der Waals surface area (Å²) in [6.45, 7) is 2.28. The molecule has 0 amide bonds. The van der Waals surface area contributed by atoms with Crippen LogP contribution < -0.4 is 5.11 Å². The molecule has 0 rings (SSSR count). The number of unbranched alkanes of at least 4 members (excludes halogenated alkanes) is 20. The molecular weight excluding hydrogens is 384 g/mol. The van der Waals surface area contributed by atoms with Gasteiger partial charge in [0.15, 0.2) is 0 Å². The van der Waals surface area contributed by atoms with E-state index in [0.717, 1.165) is 38.5 Å². The average Bonchev–Trinajstić information content (AvgIpc) is 2.75. The van der Waals surface area contributed by atoms with Gasteiger partial charge in [0, 0.05) is 18.8 Å². The molecule has 0 aromatic rings. The van der Waals surface area contributed by atoms with E-state index in [1.165, 1.54) is 103 Å². The van der Waals surface area contributed by atoms with Crippen LogP contribution in [0.1, 0.15) is 167 Å². The van der Waals surface area contributed by atoms with E-state index in [1.807, 2.05) is 0 Å². The van der Waals surface area contributed by atoms with Gasteiger partial charge >= 0.3 is 0 Å². The summed E-state index contributed by atoms with van der Waals surface area (Å²) in [4.78, 5) is 22.2. The lowest BCUT2D eigenvalue weighted by Gasteiger charge is -2.04. The van der Waals surface area contributed by atoms with E-state index >= 15 is 0 Å². The van der Waals surface area contributed by atoms with E-state index in [9.17, 15) is 14.7 Å². The molecule has 0 heterocycles. The molecule has 0 aliphatic heterocycles. The molecule has 0 unspecified atom stereocenters. The zero-order valence-electron chi connectivity index (χ0n) is 20.9. The van der Waals surface area contributed by atoms with Crippen molar-refractivity contribution in [1.82, 2.24) is 0 Å². The standard InChI is InChI=1S/C28H54O3/c1-2-3-4-5-6-7-8-9-10-11-12-13-14-15-16-18-21-24-27(29)25-22-19-17-20-23-26-28(30)31/h2-26H2,1H3,(H,30,31)/p-1. The molecule has 0 fully saturated rings. The highest BCUT2D eigenvalue weighted by Crippen LogP contribution is 2.15. The Morgan fingerprint density at radius 3 is 0.968 bits per heavy atom. The third-order valence-electron chi connectivity index (χ3n) is 6.40. The van der Waals surface area contributed by atoms with E-state index in [2.05, 4.69) is 6.92 Å². The van der Waals surface area contributed by atoms with Gasteiger partial charge in [-0.1, -0.05) is 129 Å². The van der Waals surface area contributed by atoms with Crippen LogP contribution in [0.25, 0.3) is 0 Å². The van der Waals surface area contributed by atoms with Crippen LogP contribution in [0.15, 0.2) is 0 Å². The molecule has 0 N–H and O–H groups in total. The third kappa shape index (κ3) is 27.1. The first-order chi connectivity index (χ1) is 15.2. The predicted octanol–water partition coefficient (Wildman–Crippen LogP) is 8.08. The second-order valence-corrected chi connectivity index (χ2v) is 9.59. The number of rotatable bonds is 26. The van der Waals surface area contributed by atoms with Crippen LogP contribution in [0.2, 0.25) is 0 Å². The molecule has 0 aromatic heterocycles. The van der Waals surface area contributed by atoms with Gasteiger partial charge in [-0.25, -0.2) is 0 Å². The maximum Gasteiger partial charge on any atom is 0.132 e. The van der Waals surface area contributed by atoms with Gasteiger partial charge in [0.2, 0.25) is 0 Å². The molecule has 0 radical (unpaired) electrons. The number of aliphatic carboxylic acids is 1. The number of hydrogen-bond acceptors (Lipinski definition) is 3. The molecule has 3 heteroatoms. The number of carbonyl (C=O) groups excluding carboxylic acids is 2. The molecule has 0 aliphatic carbocycles.